The van der Waals surface area contributed by atoms with Crippen LogP contribution >= 0.6 is 11.3 Å². The fraction of sp³-hybridized carbons (Fsp3) is 0. The number of nitrogens with one attached hydrogen (secondary N) is 1. The zero-order valence-electron chi connectivity index (χ0n) is 9.50. The number of aromatic hydroxyl groups is 2. The van der Waals surface area contributed by atoms with Crippen LogP contribution in [0.1, 0.15) is 15.2 Å². The maximum absolute atomic E-state index is 12.7. The molecule has 0 unspecified atom stereocenters. The van der Waals surface area contributed by atoms with Gasteiger partial charge in [0, 0.05) is 11.6 Å². The van der Waals surface area contributed by atoms with E-state index < -0.39 is 11.0 Å². The van der Waals surface area contributed by atoms with E-state index in [1.807, 2.05) is 0 Å². The number of carbonyl (C=O) groups excluding carboxylic acids is 1. The average molecular weight is 280 g/mol. The molecular formula is C12H9FN2O3S. The summed E-state index contributed by atoms with van der Waals surface area (Å²) in [7, 11) is 0. The molecule has 0 saturated carbocycles. The fourth-order valence-electron chi connectivity index (χ4n) is 1.29. The summed E-state index contributed by atoms with van der Waals surface area (Å²) >= 11 is 0.712. The monoisotopic (exact) mass is 280 g/mol. The van der Waals surface area contributed by atoms with Crippen molar-refractivity contribution in [1.82, 2.24) is 5.43 Å². The minimum Gasteiger partial charge on any atom is -0.508 e. The maximum Gasteiger partial charge on any atom is 0.281 e. The molecule has 5 nitrogen and oxygen atoms in total. The molecule has 2 rings (SSSR count). The number of hydrazone groups is 1. The van der Waals surface area contributed by atoms with Crippen LogP contribution in [0.3, 0.4) is 0 Å². The summed E-state index contributed by atoms with van der Waals surface area (Å²) in [4.78, 5) is 11.7. The lowest BCUT2D eigenvalue weighted by Gasteiger charge is -1.99. The number of nitrogens with zero attached hydrogens (tertiary/aromatic N) is 1. The van der Waals surface area contributed by atoms with E-state index in [0.29, 0.717) is 16.9 Å². The molecule has 3 N–H and O–H groups in total. The highest BCUT2D eigenvalue weighted by molar-refractivity contribution is 7.12. The van der Waals surface area contributed by atoms with Crippen LogP contribution in [0, 0.1) is 5.13 Å². The highest BCUT2D eigenvalue weighted by Gasteiger charge is 2.07. The summed E-state index contributed by atoms with van der Waals surface area (Å²) in [6, 6.07) is 6.50. The first-order valence-corrected chi connectivity index (χ1v) is 5.98. The van der Waals surface area contributed by atoms with Crippen LogP contribution in [0.5, 0.6) is 11.5 Å². The van der Waals surface area contributed by atoms with E-state index in [9.17, 15) is 14.3 Å². The van der Waals surface area contributed by atoms with Gasteiger partial charge in [-0.2, -0.15) is 9.49 Å². The Morgan fingerprint density at radius 1 is 1.32 bits per heavy atom. The van der Waals surface area contributed by atoms with Gasteiger partial charge in [-0.25, -0.2) is 5.43 Å². The van der Waals surface area contributed by atoms with Crippen molar-refractivity contribution in [2.75, 3.05) is 0 Å². The summed E-state index contributed by atoms with van der Waals surface area (Å²) in [5.74, 6) is -0.781. The normalized spacial score (nSPS) is 10.8. The number of amides is 1. The Morgan fingerprint density at radius 2 is 2.11 bits per heavy atom. The standard InChI is InChI=1S/C12H9FN2O3S/c13-11-4-3-10(19-11)12(18)15-14-6-7-1-2-8(16)5-9(7)17/h1-6,16-17H,(H,15,18)/b14-6+. The molecule has 0 aliphatic heterocycles. The number of phenols is 2. The van der Waals surface area contributed by atoms with Crippen molar-refractivity contribution in [2.24, 2.45) is 5.10 Å². The quantitative estimate of drug-likeness (QED) is 0.594. The molecule has 0 spiro atoms. The summed E-state index contributed by atoms with van der Waals surface area (Å²) in [5, 5.41) is 21.7. The van der Waals surface area contributed by atoms with Gasteiger partial charge in [0.05, 0.1) is 11.1 Å². The lowest BCUT2D eigenvalue weighted by Crippen LogP contribution is -2.16. The molecule has 19 heavy (non-hydrogen) atoms. The Bertz CT molecular complexity index is 640. The Balaban J connectivity index is 2.02. The van der Waals surface area contributed by atoms with Gasteiger partial charge in [0.25, 0.3) is 5.91 Å². The SMILES string of the molecule is O=C(N/N=C/c1ccc(O)cc1O)c1ccc(F)s1. The van der Waals surface area contributed by atoms with Crippen molar-refractivity contribution in [2.45, 2.75) is 0 Å². The summed E-state index contributed by atoms with van der Waals surface area (Å²) in [5.41, 5.74) is 2.53. The summed E-state index contributed by atoms with van der Waals surface area (Å²) in [6.07, 6.45) is 1.22. The Labute approximate surface area is 111 Å². The number of rotatable bonds is 3. The van der Waals surface area contributed by atoms with E-state index in [-0.39, 0.29) is 16.4 Å². The molecule has 0 aliphatic rings. The van der Waals surface area contributed by atoms with Crippen molar-refractivity contribution in [1.29, 1.82) is 0 Å². The Hall–Kier alpha value is -2.41. The zero-order chi connectivity index (χ0) is 13.8. The van der Waals surface area contributed by atoms with Crippen LogP contribution in [-0.2, 0) is 0 Å². The second-order valence-electron chi connectivity index (χ2n) is 3.55. The second-order valence-corrected chi connectivity index (χ2v) is 4.58. The molecule has 0 bridgehead atoms. The van der Waals surface area contributed by atoms with Crippen molar-refractivity contribution < 1.29 is 19.4 Å². The predicted molar refractivity (Wildman–Crippen MR) is 69.1 cm³/mol. The van der Waals surface area contributed by atoms with Crippen LogP contribution in [0.25, 0.3) is 0 Å². The first-order valence-electron chi connectivity index (χ1n) is 5.17. The minimum absolute atomic E-state index is 0.0762. The molecular weight excluding hydrogens is 271 g/mol. The van der Waals surface area contributed by atoms with Crippen molar-refractivity contribution >= 4 is 23.5 Å². The maximum atomic E-state index is 12.7. The molecule has 7 heteroatoms. The van der Waals surface area contributed by atoms with E-state index >= 15 is 0 Å². The van der Waals surface area contributed by atoms with Crippen molar-refractivity contribution in [3.05, 3.63) is 45.9 Å². The topological polar surface area (TPSA) is 81.9 Å². The molecule has 2 aromatic rings. The molecule has 0 atom stereocenters. The van der Waals surface area contributed by atoms with E-state index in [2.05, 4.69) is 10.5 Å². The molecule has 0 radical (unpaired) electrons. The number of carbonyl (C=O) groups is 1. The average Bonchev–Trinajstić information content (AvgIpc) is 2.78. The van der Waals surface area contributed by atoms with Gasteiger partial charge in [-0.3, -0.25) is 4.79 Å². The third-order valence-corrected chi connectivity index (χ3v) is 3.05. The van der Waals surface area contributed by atoms with Crippen LogP contribution in [0.15, 0.2) is 35.4 Å². The van der Waals surface area contributed by atoms with Gasteiger partial charge in [-0.15, -0.1) is 11.3 Å². The van der Waals surface area contributed by atoms with Crippen molar-refractivity contribution in [3.63, 3.8) is 0 Å². The van der Waals surface area contributed by atoms with Crippen LogP contribution in [0.2, 0.25) is 0 Å². The van der Waals surface area contributed by atoms with Gasteiger partial charge in [0.1, 0.15) is 11.5 Å². The predicted octanol–water partition coefficient (Wildman–Crippen LogP) is 2.06. The Morgan fingerprint density at radius 3 is 2.74 bits per heavy atom. The molecule has 0 saturated heterocycles. The number of hydrogen-bond acceptors (Lipinski definition) is 5. The molecule has 98 valence electrons. The number of hydrogen-bond donors (Lipinski definition) is 3. The van der Waals surface area contributed by atoms with Crippen LogP contribution in [-0.4, -0.2) is 22.3 Å². The molecule has 0 fully saturated rings. The van der Waals surface area contributed by atoms with Gasteiger partial charge in [-0.1, -0.05) is 0 Å². The van der Waals surface area contributed by atoms with Gasteiger partial charge >= 0.3 is 0 Å². The molecule has 1 aromatic carbocycles. The highest BCUT2D eigenvalue weighted by Crippen LogP contribution is 2.20. The van der Waals surface area contributed by atoms with Crippen LogP contribution < -0.4 is 5.43 Å². The van der Waals surface area contributed by atoms with E-state index in [4.69, 9.17) is 5.11 Å². The lowest BCUT2D eigenvalue weighted by molar-refractivity contribution is 0.0959. The van der Waals surface area contributed by atoms with E-state index in [0.717, 1.165) is 6.07 Å². The third-order valence-electron chi connectivity index (χ3n) is 2.18. The minimum atomic E-state index is -0.539. The molecule has 1 amide bonds. The molecule has 1 aromatic heterocycles. The fourth-order valence-corrected chi connectivity index (χ4v) is 1.91. The van der Waals surface area contributed by atoms with E-state index in [1.165, 1.54) is 30.5 Å². The highest BCUT2D eigenvalue weighted by atomic mass is 32.1. The number of thiophene rings is 1. The Kier molecular flexibility index (Phi) is 3.76. The first-order chi connectivity index (χ1) is 9.06. The third kappa shape index (κ3) is 3.29. The van der Waals surface area contributed by atoms with Crippen LogP contribution in [0.4, 0.5) is 4.39 Å². The first kappa shape index (κ1) is 13.0. The molecule has 1 heterocycles. The van der Waals surface area contributed by atoms with E-state index in [1.54, 1.807) is 0 Å². The van der Waals surface area contributed by atoms with Gasteiger partial charge in [0.2, 0.25) is 0 Å². The van der Waals surface area contributed by atoms with Crippen molar-refractivity contribution in [3.8, 4) is 11.5 Å². The van der Waals surface area contributed by atoms with Gasteiger partial charge in [-0.05, 0) is 24.3 Å². The number of benzene rings is 1. The zero-order valence-corrected chi connectivity index (χ0v) is 10.3. The molecule has 0 aliphatic carbocycles. The second kappa shape index (κ2) is 5.49. The smallest absolute Gasteiger partial charge is 0.281 e. The van der Waals surface area contributed by atoms with Gasteiger partial charge < -0.3 is 10.2 Å². The number of halogens is 1. The lowest BCUT2D eigenvalue weighted by atomic mass is 10.2. The summed E-state index contributed by atoms with van der Waals surface area (Å²) < 4.78 is 12.7. The number of phenolic OH excluding ortho intramolecular Hbond substituents is 2. The van der Waals surface area contributed by atoms with Gasteiger partial charge in [0.15, 0.2) is 5.13 Å². The summed E-state index contributed by atoms with van der Waals surface area (Å²) in [6.45, 7) is 0. The largest absolute Gasteiger partial charge is 0.508 e.